The van der Waals surface area contributed by atoms with Crippen molar-refractivity contribution in [3.05, 3.63) is 39.7 Å². The average molecular weight is 318 g/mol. The molecule has 0 aliphatic rings. The molecule has 0 radical (unpaired) electrons. The molecule has 0 aromatic carbocycles. The monoisotopic (exact) mass is 317 g/mol. The fourth-order valence-electron chi connectivity index (χ4n) is 1.41. The van der Waals surface area contributed by atoms with E-state index in [-0.39, 0.29) is 16.5 Å². The number of thiophene rings is 1. The molecule has 2 aromatic rings. The molecule has 0 amide bonds. The Labute approximate surface area is 120 Å². The summed E-state index contributed by atoms with van der Waals surface area (Å²) in [5, 5.41) is 4.93. The predicted molar refractivity (Wildman–Crippen MR) is 77.1 cm³/mol. The van der Waals surface area contributed by atoms with Crippen molar-refractivity contribution in [2.24, 2.45) is 0 Å². The quantitative estimate of drug-likeness (QED) is 0.888. The van der Waals surface area contributed by atoms with Gasteiger partial charge in [-0.2, -0.15) is 0 Å². The first-order valence-corrected chi connectivity index (χ1v) is 8.12. The third-order valence-corrected chi connectivity index (χ3v) is 4.91. The van der Waals surface area contributed by atoms with Crippen molar-refractivity contribution in [3.63, 3.8) is 0 Å². The molecule has 2 heterocycles. The normalized spacial score (nSPS) is 11.5. The van der Waals surface area contributed by atoms with E-state index in [9.17, 15) is 8.42 Å². The van der Waals surface area contributed by atoms with E-state index in [0.29, 0.717) is 5.82 Å². The van der Waals surface area contributed by atoms with Crippen molar-refractivity contribution in [2.45, 2.75) is 11.4 Å². The summed E-state index contributed by atoms with van der Waals surface area (Å²) >= 11 is 7.41. The van der Waals surface area contributed by atoms with Crippen LogP contribution in [-0.2, 0) is 16.6 Å². The molecule has 102 valence electrons. The molecule has 2 aromatic heterocycles. The molecule has 0 atom stereocenters. The van der Waals surface area contributed by atoms with Crippen LogP contribution in [0.4, 0.5) is 5.82 Å². The fourth-order valence-corrected chi connectivity index (χ4v) is 3.45. The van der Waals surface area contributed by atoms with Crippen molar-refractivity contribution in [3.8, 4) is 0 Å². The zero-order chi connectivity index (χ0) is 13.9. The molecule has 0 saturated heterocycles. The molecule has 0 spiro atoms. The number of nitrogens with zero attached hydrogens (tertiary/aromatic N) is 1. The van der Waals surface area contributed by atoms with Gasteiger partial charge in [-0.15, -0.1) is 11.3 Å². The minimum Gasteiger partial charge on any atom is -0.372 e. The zero-order valence-electron chi connectivity index (χ0n) is 10.1. The Bertz CT molecular complexity index is 657. The van der Waals surface area contributed by atoms with Crippen LogP contribution in [-0.4, -0.2) is 20.4 Å². The van der Waals surface area contributed by atoms with Crippen LogP contribution in [0.15, 0.2) is 34.7 Å². The third kappa shape index (κ3) is 3.44. The van der Waals surface area contributed by atoms with Gasteiger partial charge in [0.1, 0.15) is 10.7 Å². The van der Waals surface area contributed by atoms with E-state index in [1.54, 1.807) is 7.05 Å². The lowest BCUT2D eigenvalue weighted by molar-refractivity contribution is 0.581. The second-order valence-corrected chi connectivity index (χ2v) is 6.86. The molecule has 0 saturated carbocycles. The van der Waals surface area contributed by atoms with Gasteiger partial charge in [-0.1, -0.05) is 17.7 Å². The number of aromatic nitrogens is 1. The molecular weight excluding hydrogens is 306 g/mol. The average Bonchev–Trinajstić information content (AvgIpc) is 2.89. The third-order valence-electron chi connectivity index (χ3n) is 2.38. The highest BCUT2D eigenvalue weighted by atomic mass is 35.5. The first-order chi connectivity index (χ1) is 9.03. The lowest BCUT2D eigenvalue weighted by atomic mass is 10.4. The van der Waals surface area contributed by atoms with Gasteiger partial charge >= 0.3 is 0 Å². The summed E-state index contributed by atoms with van der Waals surface area (Å²) in [7, 11) is -1.94. The van der Waals surface area contributed by atoms with Crippen LogP contribution >= 0.6 is 22.9 Å². The van der Waals surface area contributed by atoms with Gasteiger partial charge in [0.25, 0.3) is 0 Å². The number of halogens is 1. The second-order valence-electron chi connectivity index (χ2n) is 3.66. The van der Waals surface area contributed by atoms with Crippen molar-refractivity contribution in [1.29, 1.82) is 0 Å². The number of rotatable bonds is 5. The number of hydrogen-bond acceptors (Lipinski definition) is 5. The van der Waals surface area contributed by atoms with Gasteiger partial charge < -0.3 is 5.32 Å². The molecule has 0 unspecified atom stereocenters. The van der Waals surface area contributed by atoms with Gasteiger partial charge in [0, 0.05) is 24.7 Å². The number of nitrogens with one attached hydrogen (secondary N) is 2. The lowest BCUT2D eigenvalue weighted by Gasteiger charge is -2.07. The molecule has 19 heavy (non-hydrogen) atoms. The maximum atomic E-state index is 12.1. The van der Waals surface area contributed by atoms with Crippen LogP contribution in [0.1, 0.15) is 4.88 Å². The minimum atomic E-state index is -3.60. The Morgan fingerprint density at radius 1 is 1.47 bits per heavy atom. The van der Waals surface area contributed by atoms with Gasteiger partial charge in [0.05, 0.1) is 5.02 Å². The van der Waals surface area contributed by atoms with Crippen molar-refractivity contribution in [1.82, 2.24) is 9.71 Å². The lowest BCUT2D eigenvalue weighted by Crippen LogP contribution is -2.23. The molecule has 0 aliphatic heterocycles. The second kappa shape index (κ2) is 5.87. The van der Waals surface area contributed by atoms with Crippen LogP contribution in [0, 0.1) is 0 Å². The zero-order valence-corrected chi connectivity index (χ0v) is 12.4. The smallest absolute Gasteiger partial charge is 0.242 e. The van der Waals surface area contributed by atoms with E-state index < -0.39 is 10.0 Å². The van der Waals surface area contributed by atoms with E-state index in [4.69, 9.17) is 11.6 Å². The molecular formula is C11H12ClN3O2S2. The maximum Gasteiger partial charge on any atom is 0.242 e. The van der Waals surface area contributed by atoms with Crippen molar-refractivity contribution in [2.75, 3.05) is 12.4 Å². The van der Waals surface area contributed by atoms with Gasteiger partial charge in [-0.25, -0.2) is 18.1 Å². The number of pyridine rings is 1. The molecule has 0 aliphatic carbocycles. The summed E-state index contributed by atoms with van der Waals surface area (Å²) in [6.45, 7) is 0.255. The van der Waals surface area contributed by atoms with Gasteiger partial charge in [0.15, 0.2) is 0 Å². The van der Waals surface area contributed by atoms with Gasteiger partial charge in [-0.3, -0.25) is 0 Å². The molecule has 5 nitrogen and oxygen atoms in total. The Hall–Kier alpha value is -1.15. The van der Waals surface area contributed by atoms with Crippen LogP contribution < -0.4 is 10.0 Å². The van der Waals surface area contributed by atoms with E-state index in [1.165, 1.54) is 23.6 Å². The highest BCUT2D eigenvalue weighted by molar-refractivity contribution is 7.89. The highest BCUT2D eigenvalue weighted by Crippen LogP contribution is 2.22. The Morgan fingerprint density at radius 2 is 2.26 bits per heavy atom. The van der Waals surface area contributed by atoms with Crippen molar-refractivity contribution >= 4 is 38.8 Å². The molecule has 8 heteroatoms. The predicted octanol–water partition coefficient (Wildman–Crippen LogP) is 2.32. The first-order valence-electron chi connectivity index (χ1n) is 5.38. The van der Waals surface area contributed by atoms with Crippen LogP contribution in [0.2, 0.25) is 5.02 Å². The summed E-state index contributed by atoms with van der Waals surface area (Å²) in [5.41, 5.74) is 0. The van der Waals surface area contributed by atoms with E-state index >= 15 is 0 Å². The first kappa shape index (κ1) is 14.3. The standard InChI is InChI=1S/C11H12ClN3O2S2/c1-13-11-10(12)5-9(7-14-11)19(16,17)15-6-8-3-2-4-18-8/h2-5,7,15H,6H2,1H3,(H,13,14). The van der Waals surface area contributed by atoms with E-state index in [2.05, 4.69) is 15.0 Å². The Balaban J connectivity index is 2.17. The molecule has 2 N–H and O–H groups in total. The maximum absolute atomic E-state index is 12.1. The summed E-state index contributed by atoms with van der Waals surface area (Å²) in [6, 6.07) is 5.11. The largest absolute Gasteiger partial charge is 0.372 e. The van der Waals surface area contributed by atoms with Gasteiger partial charge in [0.2, 0.25) is 10.0 Å². The molecule has 0 fully saturated rings. The van der Waals surface area contributed by atoms with E-state index in [0.717, 1.165) is 4.88 Å². The summed E-state index contributed by atoms with van der Waals surface area (Å²) < 4.78 is 26.6. The van der Waals surface area contributed by atoms with Crippen LogP contribution in [0.3, 0.4) is 0 Å². The van der Waals surface area contributed by atoms with Crippen molar-refractivity contribution < 1.29 is 8.42 Å². The van der Waals surface area contributed by atoms with Crippen LogP contribution in [0.5, 0.6) is 0 Å². The van der Waals surface area contributed by atoms with E-state index in [1.807, 2.05) is 17.5 Å². The molecule has 0 bridgehead atoms. The SMILES string of the molecule is CNc1ncc(S(=O)(=O)NCc2cccs2)cc1Cl. The highest BCUT2D eigenvalue weighted by Gasteiger charge is 2.16. The Morgan fingerprint density at radius 3 is 2.84 bits per heavy atom. The van der Waals surface area contributed by atoms with Crippen LogP contribution in [0.25, 0.3) is 0 Å². The summed E-state index contributed by atoms with van der Waals surface area (Å²) in [6.07, 6.45) is 1.27. The summed E-state index contributed by atoms with van der Waals surface area (Å²) in [4.78, 5) is 4.94. The Kier molecular flexibility index (Phi) is 4.41. The number of sulfonamides is 1. The minimum absolute atomic E-state index is 0.0491. The summed E-state index contributed by atoms with van der Waals surface area (Å²) in [5.74, 6) is 0.443. The number of hydrogen-bond donors (Lipinski definition) is 2. The van der Waals surface area contributed by atoms with Gasteiger partial charge in [-0.05, 0) is 17.5 Å². The number of anilines is 1. The topological polar surface area (TPSA) is 71.1 Å². The fraction of sp³-hybridized carbons (Fsp3) is 0.182. The molecule has 2 rings (SSSR count).